The molecule has 3 rings (SSSR count). The predicted octanol–water partition coefficient (Wildman–Crippen LogP) is 3.92. The average Bonchev–Trinajstić information content (AvgIpc) is 3.20. The Kier molecular flexibility index (Phi) is 11.4. The molecule has 3 N–H and O–H groups in total. The lowest BCUT2D eigenvalue weighted by atomic mass is 10.1. The fourth-order valence-corrected chi connectivity index (χ4v) is 5.29. The Morgan fingerprint density at radius 3 is 2.65 bits per heavy atom. The fourth-order valence-electron chi connectivity index (χ4n) is 5.29. The molecule has 0 bridgehead atoms. The number of carbonyl (C=O) groups excluding carboxylic acids is 1. The minimum absolute atomic E-state index is 0.134. The van der Waals surface area contributed by atoms with Gasteiger partial charge in [-0.25, -0.2) is 14.6 Å². The first-order valence-corrected chi connectivity index (χ1v) is 14.1. The topological polar surface area (TPSA) is 107 Å². The number of ether oxygens (including phenoxy) is 1. The van der Waals surface area contributed by atoms with Gasteiger partial charge in [0.05, 0.1) is 12.7 Å². The summed E-state index contributed by atoms with van der Waals surface area (Å²) in [6.45, 7) is 11.8. The van der Waals surface area contributed by atoms with E-state index in [0.717, 1.165) is 76.1 Å². The van der Waals surface area contributed by atoms with Crippen molar-refractivity contribution in [3.8, 4) is 0 Å². The second-order valence-electron chi connectivity index (χ2n) is 10.9. The van der Waals surface area contributed by atoms with Gasteiger partial charge < -0.3 is 30.3 Å². The standard InChI is InChI=1S/C28H47N5O4/c1-20(2)37-19-18-32(16-6-5-9-24-13-12-23-8-7-15-29-26(23)30-24)17-14-25(27(34)35)31-28(36)33-21(3)10-11-22(33)4/h12-13,20-22,25H,5-11,14-19H2,1-4H3,(H,29,30)(H,31,36)(H,34,35)/t21-,22-,25+/m1/s1. The minimum Gasteiger partial charge on any atom is -0.480 e. The first-order valence-electron chi connectivity index (χ1n) is 14.1. The van der Waals surface area contributed by atoms with Gasteiger partial charge in [-0.15, -0.1) is 0 Å². The van der Waals surface area contributed by atoms with E-state index in [1.807, 2.05) is 27.7 Å². The number of anilines is 1. The lowest BCUT2D eigenvalue weighted by Crippen LogP contribution is -2.51. The normalized spacial score (nSPS) is 20.1. The van der Waals surface area contributed by atoms with E-state index in [9.17, 15) is 14.7 Å². The van der Waals surface area contributed by atoms with Crippen LogP contribution in [0.15, 0.2) is 12.1 Å². The van der Waals surface area contributed by atoms with Crippen molar-refractivity contribution in [1.82, 2.24) is 20.1 Å². The zero-order chi connectivity index (χ0) is 26.8. The third-order valence-corrected chi connectivity index (χ3v) is 7.48. The van der Waals surface area contributed by atoms with Crippen LogP contribution in [0.1, 0.15) is 77.5 Å². The average molecular weight is 518 g/mol. The van der Waals surface area contributed by atoms with Gasteiger partial charge in [-0.1, -0.05) is 6.07 Å². The molecule has 0 aliphatic carbocycles. The highest BCUT2D eigenvalue weighted by molar-refractivity contribution is 5.83. The van der Waals surface area contributed by atoms with E-state index < -0.39 is 12.0 Å². The number of urea groups is 1. The molecule has 1 fully saturated rings. The molecule has 37 heavy (non-hydrogen) atoms. The summed E-state index contributed by atoms with van der Waals surface area (Å²) in [5, 5.41) is 16.0. The minimum atomic E-state index is -0.988. The van der Waals surface area contributed by atoms with Crippen molar-refractivity contribution in [3.63, 3.8) is 0 Å². The summed E-state index contributed by atoms with van der Waals surface area (Å²) in [4.78, 5) is 33.6. The van der Waals surface area contributed by atoms with Crippen LogP contribution in [0.5, 0.6) is 0 Å². The molecule has 1 saturated heterocycles. The molecule has 0 radical (unpaired) electrons. The maximum Gasteiger partial charge on any atom is 0.326 e. The van der Waals surface area contributed by atoms with Gasteiger partial charge in [0.25, 0.3) is 0 Å². The highest BCUT2D eigenvalue weighted by Crippen LogP contribution is 2.23. The van der Waals surface area contributed by atoms with Crippen LogP contribution in [0.25, 0.3) is 0 Å². The van der Waals surface area contributed by atoms with E-state index in [4.69, 9.17) is 9.72 Å². The first kappa shape index (κ1) is 29.2. The number of hydrogen-bond acceptors (Lipinski definition) is 6. The summed E-state index contributed by atoms with van der Waals surface area (Å²) < 4.78 is 5.76. The van der Waals surface area contributed by atoms with Crippen molar-refractivity contribution in [3.05, 3.63) is 23.4 Å². The Balaban J connectivity index is 1.49. The third-order valence-electron chi connectivity index (χ3n) is 7.48. The molecule has 0 saturated carbocycles. The summed E-state index contributed by atoms with van der Waals surface area (Å²) in [7, 11) is 0. The van der Waals surface area contributed by atoms with Gasteiger partial charge in [-0.2, -0.15) is 0 Å². The third kappa shape index (κ3) is 9.14. The number of likely N-dealkylation sites (tertiary alicyclic amines) is 1. The highest BCUT2D eigenvalue weighted by Gasteiger charge is 2.33. The van der Waals surface area contributed by atoms with Crippen molar-refractivity contribution < 1.29 is 19.4 Å². The van der Waals surface area contributed by atoms with Gasteiger partial charge in [-0.3, -0.25) is 0 Å². The summed E-state index contributed by atoms with van der Waals surface area (Å²) in [5.41, 5.74) is 2.42. The molecule has 1 aromatic rings. The number of carboxylic acids is 1. The molecular formula is C28H47N5O4. The quantitative estimate of drug-likeness (QED) is 0.321. The van der Waals surface area contributed by atoms with Gasteiger partial charge in [0, 0.05) is 37.4 Å². The first-order chi connectivity index (χ1) is 17.7. The van der Waals surface area contributed by atoms with Crippen LogP contribution in [-0.2, 0) is 22.4 Å². The molecule has 2 aliphatic heterocycles. The lowest BCUT2D eigenvalue weighted by molar-refractivity contribution is -0.139. The Labute approximate surface area is 222 Å². The molecule has 208 valence electrons. The zero-order valence-electron chi connectivity index (χ0n) is 23.2. The van der Waals surface area contributed by atoms with E-state index in [0.29, 0.717) is 19.6 Å². The Bertz CT molecular complexity index is 870. The molecule has 1 aromatic heterocycles. The molecule has 2 aliphatic rings. The molecule has 3 atom stereocenters. The number of amides is 2. The molecule has 0 spiro atoms. The van der Waals surface area contributed by atoms with Crippen LogP contribution >= 0.6 is 0 Å². The molecule has 3 heterocycles. The van der Waals surface area contributed by atoms with Crippen molar-refractivity contribution in [1.29, 1.82) is 0 Å². The number of rotatable bonds is 14. The van der Waals surface area contributed by atoms with E-state index in [1.165, 1.54) is 5.56 Å². The number of pyridine rings is 1. The molecule has 9 nitrogen and oxygen atoms in total. The van der Waals surface area contributed by atoms with Crippen LogP contribution in [0, 0.1) is 0 Å². The molecule has 0 aromatic carbocycles. The van der Waals surface area contributed by atoms with Crippen LogP contribution in [-0.4, -0.2) is 88.9 Å². The van der Waals surface area contributed by atoms with Gasteiger partial charge in [0.2, 0.25) is 0 Å². The SMILES string of the molecule is CC(C)OCCN(CCCCc1ccc2c(n1)NCCC2)CC[C@H](NC(=O)N1[C@H](C)CC[C@H]1C)C(=O)O. The lowest BCUT2D eigenvalue weighted by Gasteiger charge is -2.29. The predicted molar refractivity (Wildman–Crippen MR) is 146 cm³/mol. The van der Waals surface area contributed by atoms with Crippen LogP contribution in [0.3, 0.4) is 0 Å². The number of fused-ring (bicyclic) bond motifs is 1. The summed E-state index contributed by atoms with van der Waals surface area (Å²) in [5.74, 6) is 0.0500. The summed E-state index contributed by atoms with van der Waals surface area (Å²) >= 11 is 0. The smallest absolute Gasteiger partial charge is 0.326 e. The number of carboxylic acid groups (broad SMARTS) is 1. The second-order valence-corrected chi connectivity index (χ2v) is 10.9. The van der Waals surface area contributed by atoms with Crippen molar-refractivity contribution in [2.75, 3.05) is 38.1 Å². The number of nitrogens with zero attached hydrogens (tertiary/aromatic N) is 3. The molecule has 0 unspecified atom stereocenters. The maximum atomic E-state index is 12.8. The molecule has 2 amide bonds. The van der Waals surface area contributed by atoms with Crippen LogP contribution in [0.2, 0.25) is 0 Å². The van der Waals surface area contributed by atoms with Gasteiger partial charge in [-0.05, 0) is 97.2 Å². The number of nitrogens with one attached hydrogen (secondary N) is 2. The highest BCUT2D eigenvalue weighted by atomic mass is 16.5. The van der Waals surface area contributed by atoms with Crippen molar-refractivity contribution in [2.45, 2.75) is 103 Å². The summed E-state index contributed by atoms with van der Waals surface area (Å²) in [6.07, 6.45) is 7.59. The van der Waals surface area contributed by atoms with Gasteiger partial charge >= 0.3 is 12.0 Å². The molecule has 9 heteroatoms. The number of aryl methyl sites for hydroxylation is 2. The van der Waals surface area contributed by atoms with Crippen molar-refractivity contribution >= 4 is 17.8 Å². The van der Waals surface area contributed by atoms with E-state index >= 15 is 0 Å². The van der Waals surface area contributed by atoms with Crippen molar-refractivity contribution in [2.24, 2.45) is 0 Å². The zero-order valence-corrected chi connectivity index (χ0v) is 23.2. The number of aliphatic carboxylic acids is 1. The van der Waals surface area contributed by atoms with Crippen LogP contribution < -0.4 is 10.6 Å². The maximum absolute atomic E-state index is 12.8. The summed E-state index contributed by atoms with van der Waals surface area (Å²) in [6, 6.07) is 3.43. The number of aromatic nitrogens is 1. The molecular weight excluding hydrogens is 470 g/mol. The van der Waals surface area contributed by atoms with Gasteiger partial charge in [0.15, 0.2) is 0 Å². The van der Waals surface area contributed by atoms with Gasteiger partial charge in [0.1, 0.15) is 11.9 Å². The monoisotopic (exact) mass is 517 g/mol. The largest absolute Gasteiger partial charge is 0.480 e. The number of unbranched alkanes of at least 4 members (excludes halogenated alkanes) is 1. The number of carbonyl (C=O) groups is 2. The number of hydrogen-bond donors (Lipinski definition) is 3. The van der Waals surface area contributed by atoms with E-state index in [1.54, 1.807) is 4.90 Å². The van der Waals surface area contributed by atoms with Crippen LogP contribution in [0.4, 0.5) is 10.6 Å². The Morgan fingerprint density at radius 1 is 1.19 bits per heavy atom. The Hall–Kier alpha value is -2.39. The van der Waals surface area contributed by atoms with E-state index in [2.05, 4.69) is 27.7 Å². The fraction of sp³-hybridized carbons (Fsp3) is 0.750. The second kappa shape index (κ2) is 14.5. The van der Waals surface area contributed by atoms with E-state index in [-0.39, 0.29) is 24.2 Å². The Morgan fingerprint density at radius 2 is 1.95 bits per heavy atom.